The molecule has 3 aromatic rings. The zero-order chi connectivity index (χ0) is 59.7. The number of piperazine rings is 1. The number of ketones is 3. The van der Waals surface area contributed by atoms with E-state index in [1.54, 1.807) is 38.7 Å². The van der Waals surface area contributed by atoms with E-state index in [1.807, 2.05) is 0 Å². The third-order valence-electron chi connectivity index (χ3n) is 15.8. The molecule has 0 unspecified atom stereocenters. The predicted octanol–water partition coefficient (Wildman–Crippen LogP) is 6.36. The highest BCUT2D eigenvalue weighted by Crippen LogP contribution is 2.49. The number of anilines is 2. The molecule has 24 heteroatoms. The Bertz CT molecular complexity index is 3150. The SMILES string of the molecule is COc1cncc(NC(=O)c2ccc(N3CCN(C(=O)O[C@H]4[C@H](C)[C@H](O)[C@H](C)[C@@H](O)[C@@H](C)C=CC=C(C)C(=O)NC5=C(N6CCOCC6)C(=O)c6c(c(O)c(C)c7c6C(=O)[C@@](C)(OC=C[C@H](OC)[C@H]4C)O7)C5=O)CC3)c(C(F)(F)F)c2)c1. The zero-order valence-electron chi connectivity index (χ0n) is 46.8. The normalized spacial score (nSPS) is 26.7. The minimum absolute atomic E-state index is 0.0647. The van der Waals surface area contributed by atoms with E-state index in [-0.39, 0.29) is 97.6 Å². The summed E-state index contributed by atoms with van der Waals surface area (Å²) in [6, 6.07) is 4.68. The highest BCUT2D eigenvalue weighted by Gasteiger charge is 2.53. The van der Waals surface area contributed by atoms with Crippen molar-refractivity contribution in [3.05, 3.63) is 118 Å². The Morgan fingerprint density at radius 2 is 1.55 bits per heavy atom. The molecular formula is C58H67F3N6O15. The van der Waals surface area contributed by atoms with Gasteiger partial charge in [-0.15, -0.1) is 0 Å². The monoisotopic (exact) mass is 1140 g/mol. The van der Waals surface area contributed by atoms with Crippen LogP contribution < -0.4 is 25.0 Å². The molecule has 440 valence electrons. The van der Waals surface area contributed by atoms with Gasteiger partial charge in [0.25, 0.3) is 17.6 Å². The molecule has 6 heterocycles. The summed E-state index contributed by atoms with van der Waals surface area (Å²) >= 11 is 0. The van der Waals surface area contributed by atoms with Gasteiger partial charge in [0.15, 0.2) is 0 Å². The number of phenols is 1. The number of amides is 3. The van der Waals surface area contributed by atoms with Gasteiger partial charge in [0.05, 0.1) is 85.2 Å². The second-order valence-corrected chi connectivity index (χ2v) is 21.2. The highest BCUT2D eigenvalue weighted by molar-refractivity contribution is 6.32. The van der Waals surface area contributed by atoms with Crippen LogP contribution in [0.25, 0.3) is 0 Å². The van der Waals surface area contributed by atoms with E-state index < -0.39 is 123 Å². The summed E-state index contributed by atoms with van der Waals surface area (Å²) < 4.78 is 79.1. The fraction of sp³-hybridized carbons (Fsp3) is 0.466. The second kappa shape index (κ2) is 24.3. The molecule has 9 atom stereocenters. The van der Waals surface area contributed by atoms with Crippen LogP contribution in [0.4, 0.5) is 29.3 Å². The van der Waals surface area contributed by atoms with Crippen molar-refractivity contribution in [1.82, 2.24) is 20.1 Å². The van der Waals surface area contributed by atoms with Gasteiger partial charge in [-0.05, 0) is 38.1 Å². The van der Waals surface area contributed by atoms with Crippen LogP contribution in [0, 0.1) is 30.6 Å². The molecule has 0 spiro atoms. The molecule has 1 aromatic heterocycles. The fourth-order valence-corrected chi connectivity index (χ4v) is 10.9. The topological polar surface area (TPSA) is 265 Å². The van der Waals surface area contributed by atoms with Crippen LogP contribution in [0.2, 0.25) is 0 Å². The van der Waals surface area contributed by atoms with Crippen molar-refractivity contribution in [3.63, 3.8) is 0 Å². The van der Waals surface area contributed by atoms with Gasteiger partial charge in [0.2, 0.25) is 11.6 Å². The van der Waals surface area contributed by atoms with Crippen molar-refractivity contribution < 1.29 is 85.7 Å². The van der Waals surface area contributed by atoms with E-state index in [1.165, 1.54) is 93.6 Å². The number of hydrogen-bond acceptors (Lipinski definition) is 18. The van der Waals surface area contributed by atoms with E-state index in [0.29, 0.717) is 5.75 Å². The Morgan fingerprint density at radius 1 is 0.854 bits per heavy atom. The van der Waals surface area contributed by atoms with Crippen LogP contribution in [0.1, 0.15) is 94.1 Å². The molecule has 1 aliphatic carbocycles. The van der Waals surface area contributed by atoms with E-state index in [9.17, 15) is 57.3 Å². The number of alkyl halides is 3. The van der Waals surface area contributed by atoms with Crippen molar-refractivity contribution in [3.8, 4) is 17.2 Å². The number of Topliss-reactive ketones (excluding diaryl/α,β-unsaturated/α-hetero) is 3. The molecule has 3 amide bonds. The maximum Gasteiger partial charge on any atom is 0.418 e. The first-order chi connectivity index (χ1) is 38.8. The Morgan fingerprint density at radius 3 is 2.21 bits per heavy atom. The quantitative estimate of drug-likeness (QED) is 0.172. The first-order valence-corrected chi connectivity index (χ1v) is 26.7. The molecule has 9 rings (SSSR count). The molecule has 0 radical (unpaired) electrons. The number of hydrogen-bond donors (Lipinski definition) is 5. The number of phenolic OH excluding ortho intramolecular Hbond substituents is 1. The van der Waals surface area contributed by atoms with Crippen molar-refractivity contribution in [2.45, 2.75) is 84.8 Å². The number of halogens is 3. The summed E-state index contributed by atoms with van der Waals surface area (Å²) in [4.78, 5) is 93.8. The molecule has 5 bridgehead atoms. The van der Waals surface area contributed by atoms with Gasteiger partial charge in [-0.2, -0.15) is 13.2 Å². The number of nitrogens with zero attached hydrogens (tertiary/aromatic N) is 4. The summed E-state index contributed by atoms with van der Waals surface area (Å²) in [5.74, 6) is -10.3. The number of ether oxygens (including phenoxy) is 6. The molecule has 5 N–H and O–H groups in total. The molecule has 0 saturated carbocycles. The van der Waals surface area contributed by atoms with E-state index in [2.05, 4.69) is 15.6 Å². The minimum atomic E-state index is -4.88. The third-order valence-corrected chi connectivity index (χ3v) is 15.8. The van der Waals surface area contributed by atoms with Crippen LogP contribution in [-0.2, 0) is 29.9 Å². The largest absolute Gasteiger partial charge is 0.507 e. The summed E-state index contributed by atoms with van der Waals surface area (Å²) in [5, 5.41) is 40.5. The third kappa shape index (κ3) is 11.9. The zero-order valence-corrected chi connectivity index (χ0v) is 46.8. The smallest absolute Gasteiger partial charge is 0.418 e. The summed E-state index contributed by atoms with van der Waals surface area (Å²) in [7, 11) is 2.75. The lowest BCUT2D eigenvalue weighted by Gasteiger charge is -2.40. The molecule has 2 saturated heterocycles. The van der Waals surface area contributed by atoms with Gasteiger partial charge in [-0.3, -0.25) is 29.0 Å². The molecule has 6 aliphatic rings. The van der Waals surface area contributed by atoms with Gasteiger partial charge >= 0.3 is 18.1 Å². The van der Waals surface area contributed by atoms with Crippen LogP contribution in [0.3, 0.4) is 0 Å². The maximum atomic E-state index is 14.9. The Kier molecular flexibility index (Phi) is 17.9. The Hall–Kier alpha value is -7.80. The van der Waals surface area contributed by atoms with Gasteiger partial charge in [0, 0.05) is 105 Å². The standard InChI is InChI=1S/C58H67F3N6O15/c1-29-11-10-12-30(2)54(74)64-44-45(66-20-23-79-24-21-66)50(72)41-42(49(44)71)48(70)34(6)52-43(41)53(73)57(7,82-52)80-22-15-40(78-9)31(3)51(33(5)47(69)32(4)46(29)68)81-56(76)67-18-16-65(17-19-67)39-14-13-35(25-38(39)58(59,60)61)55(75)63-36-26-37(77-8)28-62-27-36/h10-15,22,25-29,31-33,40,46-47,51,68-70H,16-21,23-24H2,1-9H3,(H,63,75)(H,64,74)/t29-,31+,32+,33+,40-,46-,47+,51+,57-/m0/s1. The van der Waals surface area contributed by atoms with Crippen LogP contribution in [0.15, 0.2) is 84.2 Å². The number of morpholine rings is 1. The van der Waals surface area contributed by atoms with Gasteiger partial charge < -0.3 is 69.1 Å². The Labute approximate surface area is 471 Å². The summed E-state index contributed by atoms with van der Waals surface area (Å²) in [6.07, 6.45) is -0.784. The number of rotatable bonds is 7. The van der Waals surface area contributed by atoms with Crippen LogP contribution in [-0.4, -0.2) is 162 Å². The van der Waals surface area contributed by atoms with Gasteiger partial charge in [-0.25, -0.2) is 4.79 Å². The molecule has 82 heavy (non-hydrogen) atoms. The number of pyridine rings is 1. The summed E-state index contributed by atoms with van der Waals surface area (Å²) in [6.45, 7) is 11.0. The Balaban J connectivity index is 1.08. The predicted molar refractivity (Wildman–Crippen MR) is 289 cm³/mol. The molecule has 5 aliphatic heterocycles. The van der Waals surface area contributed by atoms with Gasteiger partial charge in [-0.1, -0.05) is 45.9 Å². The van der Waals surface area contributed by atoms with Crippen LogP contribution in [0.5, 0.6) is 17.2 Å². The number of allylic oxidation sites excluding steroid dienone is 4. The molecule has 21 nitrogen and oxygen atoms in total. The van der Waals surface area contributed by atoms with Crippen molar-refractivity contribution >= 4 is 46.6 Å². The molecule has 2 aromatic carbocycles. The number of aliphatic hydroxyl groups is 2. The first-order valence-electron chi connectivity index (χ1n) is 26.7. The van der Waals surface area contributed by atoms with Crippen molar-refractivity contribution in [1.29, 1.82) is 0 Å². The number of aromatic hydroxyl groups is 1. The lowest BCUT2D eigenvalue weighted by Crippen LogP contribution is -2.52. The number of nitrogens with one attached hydrogen (secondary N) is 2. The average Bonchev–Trinajstić information content (AvgIpc) is 1.80. The molecule has 2 fully saturated rings. The highest BCUT2D eigenvalue weighted by atomic mass is 19.4. The number of carbonyl (C=O) groups is 6. The van der Waals surface area contributed by atoms with Crippen LogP contribution >= 0.6 is 0 Å². The fourth-order valence-electron chi connectivity index (χ4n) is 10.9. The number of fused-ring (bicyclic) bond motifs is 14. The summed E-state index contributed by atoms with van der Waals surface area (Å²) in [5.41, 5.74) is -3.25. The average molecular weight is 1150 g/mol. The van der Waals surface area contributed by atoms with E-state index >= 15 is 0 Å². The lowest BCUT2D eigenvalue weighted by molar-refractivity contribution is -0.137. The van der Waals surface area contributed by atoms with Crippen molar-refractivity contribution in [2.24, 2.45) is 23.7 Å². The lowest BCUT2D eigenvalue weighted by atomic mass is 9.78. The number of benzene rings is 2. The number of aromatic nitrogens is 1. The van der Waals surface area contributed by atoms with E-state index in [0.717, 1.165) is 12.3 Å². The maximum absolute atomic E-state index is 14.9. The van der Waals surface area contributed by atoms with E-state index in [4.69, 9.17) is 28.4 Å². The van der Waals surface area contributed by atoms with Crippen molar-refractivity contribution in [2.75, 3.05) is 76.9 Å². The second-order valence-electron chi connectivity index (χ2n) is 21.2. The first kappa shape index (κ1) is 60.3. The molecular weight excluding hydrogens is 1080 g/mol. The number of carbonyl (C=O) groups excluding carboxylic acids is 6. The number of methoxy groups -OCH3 is 2. The minimum Gasteiger partial charge on any atom is -0.507 e. The van der Waals surface area contributed by atoms with Gasteiger partial charge in [0.1, 0.15) is 34.7 Å². The number of aliphatic hydroxyl groups excluding tert-OH is 2.